The second-order valence-corrected chi connectivity index (χ2v) is 3.67. The van der Waals surface area contributed by atoms with Crippen molar-refractivity contribution in [1.29, 1.82) is 0 Å². The number of nitrogens with zero attached hydrogens (tertiary/aromatic N) is 1. The van der Waals surface area contributed by atoms with Gasteiger partial charge in [0.05, 0.1) is 10.6 Å². The van der Waals surface area contributed by atoms with Gasteiger partial charge in [-0.05, 0) is 19.1 Å². The lowest BCUT2D eigenvalue weighted by atomic mass is 10.2. The Morgan fingerprint density at radius 1 is 1.38 bits per heavy atom. The van der Waals surface area contributed by atoms with Crippen LogP contribution < -0.4 is 5.56 Å². The quantitative estimate of drug-likeness (QED) is 0.763. The van der Waals surface area contributed by atoms with E-state index in [2.05, 4.69) is 0 Å². The maximum Gasteiger partial charge on any atom is 0.295 e. The van der Waals surface area contributed by atoms with E-state index in [1.807, 2.05) is 0 Å². The summed E-state index contributed by atoms with van der Waals surface area (Å²) in [5.74, 6) is -0.186. The molecule has 2 aromatic rings. The van der Waals surface area contributed by atoms with Crippen LogP contribution in [0.4, 0.5) is 0 Å². The van der Waals surface area contributed by atoms with Gasteiger partial charge < -0.3 is 4.52 Å². The maximum atomic E-state index is 11.9. The fourth-order valence-electron chi connectivity index (χ4n) is 1.33. The van der Waals surface area contributed by atoms with E-state index in [1.54, 1.807) is 25.1 Å². The van der Waals surface area contributed by atoms with Crippen molar-refractivity contribution in [3.8, 4) is 0 Å². The highest BCUT2D eigenvalue weighted by atomic mass is 35.5. The first-order valence-electron chi connectivity index (χ1n) is 4.59. The Balaban J connectivity index is 2.52. The summed E-state index contributed by atoms with van der Waals surface area (Å²) in [6.45, 7) is 1.60. The Morgan fingerprint density at radius 2 is 2.06 bits per heavy atom. The zero-order valence-corrected chi connectivity index (χ0v) is 9.19. The van der Waals surface area contributed by atoms with Crippen LogP contribution >= 0.6 is 11.6 Å². The smallest absolute Gasteiger partial charge is 0.295 e. The Bertz CT molecular complexity index is 597. The van der Waals surface area contributed by atoms with Gasteiger partial charge >= 0.3 is 0 Å². The highest BCUT2D eigenvalue weighted by molar-refractivity contribution is 6.33. The Labute approximate surface area is 96.0 Å². The van der Waals surface area contributed by atoms with Crippen LogP contribution in [0, 0.1) is 6.92 Å². The molecular weight excluding hydrogens is 230 g/mol. The number of hydrogen-bond donors (Lipinski definition) is 0. The van der Waals surface area contributed by atoms with Crippen molar-refractivity contribution in [3.05, 3.63) is 57.0 Å². The topological polar surface area (TPSA) is 52.2 Å². The monoisotopic (exact) mass is 237 g/mol. The number of carbonyl (C=O) groups is 1. The van der Waals surface area contributed by atoms with Gasteiger partial charge in [0.1, 0.15) is 5.76 Å². The highest BCUT2D eigenvalue weighted by Gasteiger charge is 2.16. The molecule has 16 heavy (non-hydrogen) atoms. The van der Waals surface area contributed by atoms with Crippen molar-refractivity contribution in [2.45, 2.75) is 6.92 Å². The summed E-state index contributed by atoms with van der Waals surface area (Å²) in [5.41, 5.74) is -0.261. The number of rotatable bonds is 1. The van der Waals surface area contributed by atoms with E-state index in [9.17, 15) is 9.59 Å². The molecule has 0 saturated carbocycles. The molecule has 4 nitrogen and oxygen atoms in total. The highest BCUT2D eigenvalue weighted by Crippen LogP contribution is 2.15. The molecule has 0 aliphatic carbocycles. The molecule has 0 aliphatic rings. The lowest BCUT2D eigenvalue weighted by Crippen LogP contribution is -2.22. The van der Waals surface area contributed by atoms with Gasteiger partial charge in [0.2, 0.25) is 0 Å². The molecule has 1 heterocycles. The SMILES string of the molecule is Cc1cc(=O)n(C(=O)c2ccccc2Cl)o1. The first-order valence-corrected chi connectivity index (χ1v) is 4.96. The molecule has 0 saturated heterocycles. The molecule has 0 atom stereocenters. The summed E-state index contributed by atoms with van der Waals surface area (Å²) in [6, 6.07) is 7.73. The van der Waals surface area contributed by atoms with Crippen LogP contribution in [0.2, 0.25) is 5.02 Å². The third-order valence-electron chi connectivity index (χ3n) is 2.05. The summed E-state index contributed by atoms with van der Waals surface area (Å²) in [4.78, 5) is 23.3. The number of aryl methyl sites for hydroxylation is 1. The maximum absolute atomic E-state index is 11.9. The third kappa shape index (κ3) is 1.79. The second kappa shape index (κ2) is 3.98. The van der Waals surface area contributed by atoms with Crippen LogP contribution in [-0.2, 0) is 0 Å². The number of aromatic nitrogens is 1. The van der Waals surface area contributed by atoms with E-state index in [4.69, 9.17) is 16.1 Å². The summed E-state index contributed by atoms with van der Waals surface area (Å²) >= 11 is 5.85. The molecule has 0 aliphatic heterocycles. The van der Waals surface area contributed by atoms with E-state index in [0.717, 1.165) is 0 Å². The number of carbonyl (C=O) groups excluding carboxylic acids is 1. The molecule has 82 valence electrons. The van der Waals surface area contributed by atoms with Crippen molar-refractivity contribution in [2.24, 2.45) is 0 Å². The molecule has 0 amide bonds. The zero-order valence-electron chi connectivity index (χ0n) is 8.44. The lowest BCUT2D eigenvalue weighted by Gasteiger charge is -2.01. The van der Waals surface area contributed by atoms with Crippen LogP contribution in [-0.4, -0.2) is 10.6 Å². The van der Waals surface area contributed by atoms with Gasteiger partial charge in [-0.25, -0.2) is 0 Å². The average molecular weight is 238 g/mol. The number of halogens is 1. The minimum atomic E-state index is -0.566. The van der Waals surface area contributed by atoms with E-state index < -0.39 is 11.5 Å². The number of benzene rings is 1. The van der Waals surface area contributed by atoms with Crippen LogP contribution in [0.5, 0.6) is 0 Å². The van der Waals surface area contributed by atoms with Crippen LogP contribution in [0.1, 0.15) is 16.1 Å². The number of hydrogen-bond acceptors (Lipinski definition) is 3. The van der Waals surface area contributed by atoms with Crippen molar-refractivity contribution < 1.29 is 9.32 Å². The van der Waals surface area contributed by atoms with Gasteiger partial charge in [-0.2, -0.15) is 0 Å². The van der Waals surface area contributed by atoms with Crippen LogP contribution in [0.3, 0.4) is 0 Å². The molecule has 0 fully saturated rings. The van der Waals surface area contributed by atoms with Gasteiger partial charge in [-0.1, -0.05) is 28.5 Å². The zero-order chi connectivity index (χ0) is 11.7. The molecule has 1 aromatic heterocycles. The Kier molecular flexibility index (Phi) is 2.66. The first kappa shape index (κ1) is 10.7. The molecule has 2 rings (SSSR count). The summed E-state index contributed by atoms with van der Waals surface area (Å²) in [7, 11) is 0. The van der Waals surface area contributed by atoms with Crippen molar-refractivity contribution in [1.82, 2.24) is 4.74 Å². The third-order valence-corrected chi connectivity index (χ3v) is 2.38. The predicted octanol–water partition coefficient (Wildman–Crippen LogP) is 2.09. The van der Waals surface area contributed by atoms with Crippen molar-refractivity contribution in [2.75, 3.05) is 0 Å². The van der Waals surface area contributed by atoms with Crippen molar-refractivity contribution in [3.63, 3.8) is 0 Å². The summed E-state index contributed by atoms with van der Waals surface area (Å²) in [6.07, 6.45) is 0. The van der Waals surface area contributed by atoms with E-state index >= 15 is 0 Å². The van der Waals surface area contributed by atoms with Gasteiger partial charge in [0.25, 0.3) is 11.5 Å². The molecule has 0 unspecified atom stereocenters. The van der Waals surface area contributed by atoms with Gasteiger partial charge in [0.15, 0.2) is 0 Å². The second-order valence-electron chi connectivity index (χ2n) is 3.26. The molecule has 0 bridgehead atoms. The molecule has 1 aromatic carbocycles. The fourth-order valence-corrected chi connectivity index (χ4v) is 1.55. The molecular formula is C11H8ClNO3. The molecule has 0 radical (unpaired) electrons. The summed E-state index contributed by atoms with van der Waals surface area (Å²) in [5, 5.41) is 0.286. The minimum absolute atomic E-state index is 0.237. The normalized spacial score (nSPS) is 10.4. The van der Waals surface area contributed by atoms with E-state index in [0.29, 0.717) is 10.5 Å². The van der Waals surface area contributed by atoms with Crippen LogP contribution in [0.25, 0.3) is 0 Å². The molecule has 0 N–H and O–H groups in total. The van der Waals surface area contributed by atoms with E-state index in [1.165, 1.54) is 12.1 Å². The van der Waals surface area contributed by atoms with Gasteiger partial charge in [-0.3, -0.25) is 9.59 Å². The van der Waals surface area contributed by atoms with Gasteiger partial charge in [-0.15, -0.1) is 0 Å². The lowest BCUT2D eigenvalue weighted by molar-refractivity contribution is 0.0834. The first-order chi connectivity index (χ1) is 7.59. The predicted molar refractivity (Wildman–Crippen MR) is 58.9 cm³/mol. The molecule has 5 heteroatoms. The minimum Gasteiger partial charge on any atom is -0.373 e. The molecule has 0 spiro atoms. The van der Waals surface area contributed by atoms with Crippen molar-refractivity contribution >= 4 is 17.5 Å². The average Bonchev–Trinajstić information content (AvgIpc) is 2.58. The van der Waals surface area contributed by atoms with Crippen LogP contribution in [0.15, 0.2) is 39.6 Å². The fraction of sp³-hybridized carbons (Fsp3) is 0.0909. The summed E-state index contributed by atoms with van der Waals surface area (Å²) < 4.78 is 5.67. The van der Waals surface area contributed by atoms with E-state index in [-0.39, 0.29) is 10.6 Å². The standard InChI is InChI=1S/C11H8ClNO3/c1-7-6-10(14)13(16-7)11(15)8-4-2-3-5-9(8)12/h2-6H,1H3. The van der Waals surface area contributed by atoms with Gasteiger partial charge in [0, 0.05) is 6.07 Å². The Morgan fingerprint density at radius 3 is 2.62 bits per heavy atom. The largest absolute Gasteiger partial charge is 0.373 e. The Hall–Kier alpha value is -1.81.